The van der Waals surface area contributed by atoms with Crippen LogP contribution in [-0.4, -0.2) is 29.8 Å². The van der Waals surface area contributed by atoms with Gasteiger partial charge in [0.2, 0.25) is 11.8 Å². The highest BCUT2D eigenvalue weighted by molar-refractivity contribution is 5.79. The van der Waals surface area contributed by atoms with E-state index in [4.69, 9.17) is 16.7 Å². The van der Waals surface area contributed by atoms with Crippen molar-refractivity contribution in [3.63, 3.8) is 0 Å². The molecule has 0 radical (unpaired) electrons. The van der Waals surface area contributed by atoms with Gasteiger partial charge in [0.1, 0.15) is 5.82 Å². The van der Waals surface area contributed by atoms with Crippen molar-refractivity contribution in [3.8, 4) is 6.07 Å². The summed E-state index contributed by atoms with van der Waals surface area (Å²) in [7, 11) is 0. The molecule has 100 valence electrons. The molecular formula is C12H13FN4O2. The van der Waals surface area contributed by atoms with Gasteiger partial charge >= 0.3 is 0 Å². The van der Waals surface area contributed by atoms with E-state index < -0.39 is 17.6 Å². The first kappa shape index (κ1) is 14.6. The number of benzene rings is 1. The fourth-order valence-electron chi connectivity index (χ4n) is 1.59. The van der Waals surface area contributed by atoms with Crippen molar-refractivity contribution in [1.82, 2.24) is 4.90 Å². The number of hydrogen-bond acceptors (Lipinski definition) is 4. The molecule has 0 aromatic heterocycles. The van der Waals surface area contributed by atoms with Crippen molar-refractivity contribution in [3.05, 3.63) is 35.1 Å². The highest BCUT2D eigenvalue weighted by Gasteiger charge is 2.14. The lowest BCUT2D eigenvalue weighted by molar-refractivity contribution is -0.122. The van der Waals surface area contributed by atoms with E-state index in [0.29, 0.717) is 0 Å². The minimum atomic E-state index is -0.643. The summed E-state index contributed by atoms with van der Waals surface area (Å²) in [5.41, 5.74) is 10.5. The van der Waals surface area contributed by atoms with E-state index in [-0.39, 0.29) is 30.8 Å². The van der Waals surface area contributed by atoms with Crippen LogP contribution in [0.5, 0.6) is 0 Å². The molecule has 0 fully saturated rings. The van der Waals surface area contributed by atoms with Gasteiger partial charge in [-0.15, -0.1) is 0 Å². The Balaban J connectivity index is 2.86. The van der Waals surface area contributed by atoms with Crippen LogP contribution < -0.4 is 11.5 Å². The Hall–Kier alpha value is -2.46. The van der Waals surface area contributed by atoms with Crippen molar-refractivity contribution >= 4 is 11.8 Å². The van der Waals surface area contributed by atoms with Crippen molar-refractivity contribution in [2.24, 2.45) is 11.5 Å². The molecule has 0 atom stereocenters. The van der Waals surface area contributed by atoms with E-state index >= 15 is 0 Å². The number of carbonyl (C=O) groups is 2. The zero-order valence-electron chi connectivity index (χ0n) is 10.1. The Labute approximate surface area is 109 Å². The highest BCUT2D eigenvalue weighted by atomic mass is 19.1. The number of rotatable bonds is 6. The van der Waals surface area contributed by atoms with Crippen molar-refractivity contribution in [2.45, 2.75) is 6.54 Å². The lowest BCUT2D eigenvalue weighted by Crippen LogP contribution is -2.39. The zero-order valence-corrected chi connectivity index (χ0v) is 10.1. The lowest BCUT2D eigenvalue weighted by atomic mass is 10.1. The number of primary amides is 2. The number of nitrogens with two attached hydrogens (primary N) is 2. The van der Waals surface area contributed by atoms with Gasteiger partial charge in [0.15, 0.2) is 0 Å². The molecular weight excluding hydrogens is 251 g/mol. The van der Waals surface area contributed by atoms with Gasteiger partial charge in [-0.2, -0.15) is 5.26 Å². The molecule has 1 rings (SSSR count). The first-order valence-corrected chi connectivity index (χ1v) is 5.40. The standard InChI is InChI=1S/C12H13FN4O2/c13-10-3-8(4-14)1-2-9(10)5-17(6-11(15)18)7-12(16)19/h1-3H,5-7H2,(H2,15,18)(H2,16,19). The summed E-state index contributed by atoms with van der Waals surface area (Å²) in [4.78, 5) is 23.0. The molecule has 0 heterocycles. The third-order valence-corrected chi connectivity index (χ3v) is 2.34. The van der Waals surface area contributed by atoms with Crippen molar-refractivity contribution in [1.29, 1.82) is 5.26 Å². The first-order chi connectivity index (χ1) is 8.92. The Kier molecular flexibility index (Phi) is 4.97. The van der Waals surface area contributed by atoms with Gasteiger partial charge in [-0.3, -0.25) is 14.5 Å². The van der Waals surface area contributed by atoms with E-state index in [1.165, 1.54) is 17.0 Å². The molecule has 0 saturated carbocycles. The molecule has 1 aromatic carbocycles. The first-order valence-electron chi connectivity index (χ1n) is 5.40. The van der Waals surface area contributed by atoms with Crippen LogP contribution in [0.2, 0.25) is 0 Å². The van der Waals surface area contributed by atoms with Crippen LogP contribution >= 0.6 is 0 Å². The average Bonchev–Trinajstić information content (AvgIpc) is 2.30. The summed E-state index contributed by atoms with van der Waals surface area (Å²) in [6, 6.07) is 5.77. The molecule has 0 spiro atoms. The average molecular weight is 264 g/mol. The van der Waals surface area contributed by atoms with Crippen LogP contribution in [0.3, 0.4) is 0 Å². The number of nitriles is 1. The maximum atomic E-state index is 13.7. The molecule has 0 aliphatic carbocycles. The second-order valence-corrected chi connectivity index (χ2v) is 4.00. The van der Waals surface area contributed by atoms with E-state index in [1.807, 2.05) is 6.07 Å². The summed E-state index contributed by atoms with van der Waals surface area (Å²) in [6.45, 7) is -0.409. The van der Waals surface area contributed by atoms with Crippen LogP contribution in [-0.2, 0) is 16.1 Å². The van der Waals surface area contributed by atoms with E-state index in [0.717, 1.165) is 6.07 Å². The van der Waals surface area contributed by atoms with Gasteiger partial charge in [-0.25, -0.2) is 4.39 Å². The molecule has 6 nitrogen and oxygen atoms in total. The molecule has 7 heteroatoms. The van der Waals surface area contributed by atoms with Crippen LogP contribution in [0, 0.1) is 17.1 Å². The van der Waals surface area contributed by atoms with Crippen molar-refractivity contribution < 1.29 is 14.0 Å². The van der Waals surface area contributed by atoms with Gasteiger partial charge < -0.3 is 11.5 Å². The molecule has 0 aliphatic rings. The number of hydrogen-bond donors (Lipinski definition) is 2. The third-order valence-electron chi connectivity index (χ3n) is 2.34. The quantitative estimate of drug-likeness (QED) is 0.718. The molecule has 0 unspecified atom stereocenters. The Morgan fingerprint density at radius 3 is 2.26 bits per heavy atom. The molecule has 19 heavy (non-hydrogen) atoms. The maximum absolute atomic E-state index is 13.7. The van der Waals surface area contributed by atoms with Gasteiger partial charge in [-0.1, -0.05) is 6.07 Å². The molecule has 0 aliphatic heterocycles. The van der Waals surface area contributed by atoms with Crippen molar-refractivity contribution in [2.75, 3.05) is 13.1 Å². The van der Waals surface area contributed by atoms with Gasteiger partial charge in [0, 0.05) is 12.1 Å². The minimum Gasteiger partial charge on any atom is -0.369 e. The van der Waals surface area contributed by atoms with Crippen LogP contribution in [0.4, 0.5) is 4.39 Å². The third kappa shape index (κ3) is 4.73. The summed E-state index contributed by atoms with van der Waals surface area (Å²) in [5, 5.41) is 8.62. The predicted octanol–water partition coefficient (Wildman–Crippen LogP) is -0.530. The van der Waals surface area contributed by atoms with E-state index in [2.05, 4.69) is 0 Å². The Morgan fingerprint density at radius 2 is 1.84 bits per heavy atom. The SMILES string of the molecule is N#Cc1ccc(CN(CC(N)=O)CC(N)=O)c(F)c1. The Morgan fingerprint density at radius 1 is 1.26 bits per heavy atom. The second kappa shape index (κ2) is 6.47. The number of carbonyl (C=O) groups excluding carboxylic acids is 2. The number of amides is 2. The minimum absolute atomic E-state index is 0.00339. The molecule has 0 saturated heterocycles. The maximum Gasteiger partial charge on any atom is 0.231 e. The summed E-state index contributed by atoms with van der Waals surface area (Å²) in [5.74, 6) is -1.87. The number of halogens is 1. The van der Waals surface area contributed by atoms with Gasteiger partial charge in [-0.05, 0) is 12.1 Å². The fourth-order valence-corrected chi connectivity index (χ4v) is 1.59. The predicted molar refractivity (Wildman–Crippen MR) is 64.8 cm³/mol. The van der Waals surface area contributed by atoms with Gasteiger partial charge in [0.25, 0.3) is 0 Å². The number of nitrogens with zero attached hydrogens (tertiary/aromatic N) is 2. The Bertz CT molecular complexity index is 523. The largest absolute Gasteiger partial charge is 0.369 e. The van der Waals surface area contributed by atoms with Crippen LogP contribution in [0.25, 0.3) is 0 Å². The van der Waals surface area contributed by atoms with Crippen LogP contribution in [0.1, 0.15) is 11.1 Å². The van der Waals surface area contributed by atoms with E-state index in [1.54, 1.807) is 0 Å². The normalized spacial score (nSPS) is 10.2. The molecule has 2 amide bonds. The molecule has 4 N–H and O–H groups in total. The summed E-state index contributed by atoms with van der Waals surface area (Å²) >= 11 is 0. The van der Waals surface area contributed by atoms with Crippen LogP contribution in [0.15, 0.2) is 18.2 Å². The lowest BCUT2D eigenvalue weighted by Gasteiger charge is -2.19. The smallest absolute Gasteiger partial charge is 0.231 e. The molecule has 1 aromatic rings. The van der Waals surface area contributed by atoms with E-state index in [9.17, 15) is 14.0 Å². The summed E-state index contributed by atoms with van der Waals surface area (Å²) < 4.78 is 13.7. The highest BCUT2D eigenvalue weighted by Crippen LogP contribution is 2.12. The topological polar surface area (TPSA) is 113 Å². The molecule has 0 bridgehead atoms. The second-order valence-electron chi connectivity index (χ2n) is 4.00. The zero-order chi connectivity index (χ0) is 14.4. The summed E-state index contributed by atoms with van der Waals surface area (Å²) in [6.07, 6.45) is 0. The monoisotopic (exact) mass is 264 g/mol. The fraction of sp³-hybridized carbons (Fsp3) is 0.250. The van der Waals surface area contributed by atoms with Gasteiger partial charge in [0.05, 0.1) is 24.7 Å².